The highest BCUT2D eigenvalue weighted by Gasteiger charge is 2.17. The molecule has 0 bridgehead atoms. The average Bonchev–Trinajstić information content (AvgIpc) is 2.35. The fourth-order valence-corrected chi connectivity index (χ4v) is 1.96. The Morgan fingerprint density at radius 3 is 2.53 bits per heavy atom. The number of nitrogens with zero attached hydrogens (tertiary/aromatic N) is 2. The lowest BCUT2D eigenvalue weighted by molar-refractivity contribution is 0.0353. The summed E-state index contributed by atoms with van der Waals surface area (Å²) in [5.41, 5.74) is 0.514. The summed E-state index contributed by atoms with van der Waals surface area (Å²) in [6.45, 7) is 11.3. The number of hydrogen-bond donors (Lipinski definition) is 2. The van der Waals surface area contributed by atoms with Gasteiger partial charge in [-0.05, 0) is 38.4 Å². The molecule has 0 amide bonds. The summed E-state index contributed by atoms with van der Waals surface area (Å²) in [6.07, 6.45) is 3.00. The summed E-state index contributed by atoms with van der Waals surface area (Å²) in [4.78, 5) is 6.62. The largest absolute Gasteiger partial charge is 0.389 e. The summed E-state index contributed by atoms with van der Waals surface area (Å²) in [7, 11) is 0. The van der Waals surface area contributed by atoms with E-state index in [1.807, 2.05) is 26.1 Å². The van der Waals surface area contributed by atoms with Crippen LogP contribution in [0.15, 0.2) is 18.3 Å². The van der Waals surface area contributed by atoms with Crippen molar-refractivity contribution in [3.05, 3.63) is 23.9 Å². The molecule has 0 unspecified atom stereocenters. The summed E-state index contributed by atoms with van der Waals surface area (Å²) in [5, 5.41) is 13.1. The third-order valence-electron chi connectivity index (χ3n) is 2.84. The Hall–Kier alpha value is -1.13. The summed E-state index contributed by atoms with van der Waals surface area (Å²) in [5.74, 6) is 0.927. The maximum absolute atomic E-state index is 9.87. The van der Waals surface area contributed by atoms with Gasteiger partial charge in [0.1, 0.15) is 5.82 Å². The molecule has 1 aromatic heterocycles. The number of pyridine rings is 1. The summed E-state index contributed by atoms with van der Waals surface area (Å²) < 4.78 is 0. The Labute approximate surface area is 116 Å². The maximum atomic E-state index is 9.87. The molecule has 0 saturated carbocycles. The van der Waals surface area contributed by atoms with E-state index in [1.165, 1.54) is 5.56 Å². The molecule has 1 aromatic rings. The first-order chi connectivity index (χ1) is 8.94. The van der Waals surface area contributed by atoms with E-state index >= 15 is 0 Å². The minimum atomic E-state index is -0.661. The topological polar surface area (TPSA) is 48.4 Å². The zero-order valence-electron chi connectivity index (χ0n) is 12.6. The lowest BCUT2D eigenvalue weighted by Gasteiger charge is -2.27. The molecule has 4 nitrogen and oxygen atoms in total. The number of hydrogen-bond acceptors (Lipinski definition) is 4. The van der Waals surface area contributed by atoms with Crippen molar-refractivity contribution in [3.8, 4) is 0 Å². The van der Waals surface area contributed by atoms with E-state index < -0.39 is 5.60 Å². The van der Waals surface area contributed by atoms with Crippen LogP contribution in [0, 0.1) is 0 Å². The molecule has 1 heterocycles. The smallest absolute Gasteiger partial charge is 0.125 e. The molecule has 4 heteroatoms. The minimum absolute atomic E-state index is 0.661. The summed E-state index contributed by atoms with van der Waals surface area (Å²) in [6, 6.07) is 4.11. The van der Waals surface area contributed by atoms with Gasteiger partial charge in [0, 0.05) is 25.8 Å². The molecule has 19 heavy (non-hydrogen) atoms. The normalized spacial score (nSPS) is 11.9. The number of rotatable bonds is 8. The third-order valence-corrected chi connectivity index (χ3v) is 2.84. The van der Waals surface area contributed by atoms with Crippen LogP contribution in [0.4, 0.5) is 5.82 Å². The molecular formula is C15H27N3O. The molecule has 1 rings (SSSR count). The lowest BCUT2D eigenvalue weighted by atomic mass is 10.1. The van der Waals surface area contributed by atoms with Gasteiger partial charge in [-0.15, -0.1) is 0 Å². The molecule has 0 aliphatic heterocycles. The van der Waals surface area contributed by atoms with Crippen LogP contribution >= 0.6 is 0 Å². The number of aliphatic hydroxyl groups is 1. The van der Waals surface area contributed by atoms with Crippen molar-refractivity contribution in [2.24, 2.45) is 0 Å². The summed E-state index contributed by atoms with van der Waals surface area (Å²) >= 11 is 0. The van der Waals surface area contributed by atoms with E-state index in [-0.39, 0.29) is 0 Å². The van der Waals surface area contributed by atoms with Gasteiger partial charge in [0.05, 0.1) is 5.60 Å². The monoisotopic (exact) mass is 265 g/mol. The van der Waals surface area contributed by atoms with Gasteiger partial charge in [0.15, 0.2) is 0 Å². The fourth-order valence-electron chi connectivity index (χ4n) is 1.96. The Balaban J connectivity index is 2.55. The van der Waals surface area contributed by atoms with Crippen LogP contribution in [-0.4, -0.2) is 40.2 Å². The van der Waals surface area contributed by atoms with Gasteiger partial charge in [-0.2, -0.15) is 0 Å². The van der Waals surface area contributed by atoms with E-state index in [2.05, 4.69) is 35.1 Å². The van der Waals surface area contributed by atoms with Crippen LogP contribution in [0.1, 0.15) is 39.7 Å². The van der Waals surface area contributed by atoms with Crippen molar-refractivity contribution < 1.29 is 5.11 Å². The highest BCUT2D eigenvalue weighted by molar-refractivity contribution is 5.35. The van der Waals surface area contributed by atoms with Crippen LogP contribution in [0.2, 0.25) is 0 Å². The molecule has 0 aliphatic carbocycles. The Bertz CT molecular complexity index is 357. The van der Waals surface area contributed by atoms with Gasteiger partial charge in [-0.3, -0.25) is 4.90 Å². The first-order valence-electron chi connectivity index (χ1n) is 7.08. The predicted octanol–water partition coefficient (Wildman–Crippen LogP) is 2.50. The van der Waals surface area contributed by atoms with E-state index in [0.717, 1.165) is 31.9 Å². The van der Waals surface area contributed by atoms with Crippen molar-refractivity contribution in [2.75, 3.05) is 25.0 Å². The second-order valence-electron chi connectivity index (χ2n) is 5.59. The number of nitrogens with one attached hydrogen (secondary N) is 1. The first-order valence-corrected chi connectivity index (χ1v) is 7.08. The molecular weight excluding hydrogens is 238 g/mol. The molecule has 0 radical (unpaired) electrons. The fraction of sp³-hybridized carbons (Fsp3) is 0.667. The van der Waals surface area contributed by atoms with Gasteiger partial charge < -0.3 is 10.4 Å². The van der Waals surface area contributed by atoms with Crippen molar-refractivity contribution >= 4 is 5.82 Å². The number of aromatic nitrogens is 1. The Kier molecular flexibility index (Phi) is 6.25. The van der Waals surface area contributed by atoms with Crippen molar-refractivity contribution in [2.45, 2.75) is 46.3 Å². The molecule has 108 valence electrons. The molecule has 2 N–H and O–H groups in total. The van der Waals surface area contributed by atoms with Gasteiger partial charge in [-0.1, -0.05) is 19.9 Å². The molecule has 0 spiro atoms. The van der Waals surface area contributed by atoms with Crippen molar-refractivity contribution in [1.29, 1.82) is 0 Å². The van der Waals surface area contributed by atoms with Gasteiger partial charge in [0.25, 0.3) is 0 Å². The quantitative estimate of drug-likeness (QED) is 0.758. The van der Waals surface area contributed by atoms with Crippen molar-refractivity contribution in [3.63, 3.8) is 0 Å². The molecule has 0 fully saturated rings. The van der Waals surface area contributed by atoms with E-state index in [4.69, 9.17) is 0 Å². The first kappa shape index (κ1) is 15.9. The lowest BCUT2D eigenvalue weighted by Crippen LogP contribution is -2.38. The van der Waals surface area contributed by atoms with Crippen molar-refractivity contribution in [1.82, 2.24) is 9.88 Å². The minimum Gasteiger partial charge on any atom is -0.389 e. The third kappa shape index (κ3) is 6.55. The molecule has 0 aliphatic rings. The van der Waals surface area contributed by atoms with E-state index in [0.29, 0.717) is 6.54 Å². The second kappa shape index (κ2) is 7.46. The van der Waals surface area contributed by atoms with Crippen LogP contribution < -0.4 is 5.32 Å². The standard InChI is InChI=1S/C15H27N3O/c1-5-9-16-14-8-7-13(10-17-14)11-18(6-2)12-15(3,4)19/h7-8,10,19H,5-6,9,11-12H2,1-4H3,(H,16,17). The van der Waals surface area contributed by atoms with Crippen LogP contribution in [0.5, 0.6) is 0 Å². The number of anilines is 1. The molecule has 0 atom stereocenters. The predicted molar refractivity (Wildman–Crippen MR) is 80.3 cm³/mol. The number of likely N-dealkylation sites (N-methyl/N-ethyl adjacent to an activating group) is 1. The van der Waals surface area contributed by atoms with Gasteiger partial charge >= 0.3 is 0 Å². The molecule has 0 saturated heterocycles. The van der Waals surface area contributed by atoms with Crippen LogP contribution in [-0.2, 0) is 6.54 Å². The highest BCUT2D eigenvalue weighted by Crippen LogP contribution is 2.11. The maximum Gasteiger partial charge on any atom is 0.125 e. The van der Waals surface area contributed by atoms with Crippen LogP contribution in [0.25, 0.3) is 0 Å². The van der Waals surface area contributed by atoms with Gasteiger partial charge in [0.2, 0.25) is 0 Å². The Morgan fingerprint density at radius 1 is 1.32 bits per heavy atom. The van der Waals surface area contributed by atoms with Gasteiger partial charge in [-0.25, -0.2) is 4.98 Å². The zero-order valence-corrected chi connectivity index (χ0v) is 12.6. The van der Waals surface area contributed by atoms with Crippen LogP contribution in [0.3, 0.4) is 0 Å². The highest BCUT2D eigenvalue weighted by atomic mass is 16.3. The SMILES string of the molecule is CCCNc1ccc(CN(CC)CC(C)(C)O)cn1. The zero-order chi connectivity index (χ0) is 14.3. The van der Waals surface area contributed by atoms with E-state index in [9.17, 15) is 5.11 Å². The average molecular weight is 265 g/mol. The van der Waals surface area contributed by atoms with E-state index in [1.54, 1.807) is 0 Å². The Morgan fingerprint density at radius 2 is 2.05 bits per heavy atom. The second-order valence-corrected chi connectivity index (χ2v) is 5.59. The molecule has 0 aromatic carbocycles.